The quantitative estimate of drug-likeness (QED) is 0.236. The van der Waals surface area contributed by atoms with Crippen LogP contribution in [0.5, 0.6) is 0 Å². The minimum Gasteiger partial charge on any atom is -0.481 e. The van der Waals surface area contributed by atoms with E-state index in [1.54, 1.807) is 22.9 Å². The molecule has 0 amide bonds. The number of ketones is 1. The fourth-order valence-corrected chi connectivity index (χ4v) is 5.37. The molecule has 1 heterocycles. The smallest absolute Gasteiger partial charge is 0.305 e. The summed E-state index contributed by atoms with van der Waals surface area (Å²) in [5, 5.41) is 23.7. The van der Waals surface area contributed by atoms with Crippen molar-refractivity contribution in [3.8, 4) is 16.8 Å². The number of carbonyl (C=O) groups excluding carboxylic acids is 1. The van der Waals surface area contributed by atoms with Gasteiger partial charge in [0.15, 0.2) is 5.78 Å². The van der Waals surface area contributed by atoms with Gasteiger partial charge < -0.3 is 10.2 Å². The summed E-state index contributed by atoms with van der Waals surface area (Å²) < 4.78 is 15.4. The Labute approximate surface area is 232 Å². The molecular weight excluding hydrogens is 507 g/mol. The lowest BCUT2D eigenvalue weighted by molar-refractivity contribution is -0.139. The first kappa shape index (κ1) is 27.2. The van der Waals surface area contributed by atoms with Gasteiger partial charge in [-0.1, -0.05) is 54.6 Å². The number of aromatic nitrogens is 2. The van der Waals surface area contributed by atoms with Crippen molar-refractivity contribution in [1.29, 1.82) is 0 Å². The Morgan fingerprint density at radius 1 is 0.975 bits per heavy atom. The van der Waals surface area contributed by atoms with Crippen LogP contribution >= 0.6 is 0 Å². The zero-order chi connectivity index (χ0) is 28.1. The highest BCUT2D eigenvalue weighted by Gasteiger charge is 2.28. The number of carboxylic acids is 1. The molecule has 204 valence electrons. The molecule has 1 aliphatic carbocycles. The highest BCUT2D eigenvalue weighted by molar-refractivity contribution is 5.94. The summed E-state index contributed by atoms with van der Waals surface area (Å²) in [5.74, 6) is -1.70. The third kappa shape index (κ3) is 6.43. The molecule has 0 bridgehead atoms. The van der Waals surface area contributed by atoms with E-state index in [-0.39, 0.29) is 23.9 Å². The fourth-order valence-electron chi connectivity index (χ4n) is 5.37. The van der Waals surface area contributed by atoms with Gasteiger partial charge in [-0.15, -0.1) is 0 Å². The number of aliphatic hydroxyl groups excluding tert-OH is 1. The van der Waals surface area contributed by atoms with Gasteiger partial charge in [0.05, 0.1) is 29.6 Å². The van der Waals surface area contributed by atoms with E-state index in [0.717, 1.165) is 42.6 Å². The first-order chi connectivity index (χ1) is 19.4. The minimum absolute atomic E-state index is 0.188. The number of fused-ring (bicyclic) bond motifs is 1. The Morgan fingerprint density at radius 3 is 2.38 bits per heavy atom. The van der Waals surface area contributed by atoms with Crippen LogP contribution in [-0.2, 0) is 22.4 Å². The highest BCUT2D eigenvalue weighted by atomic mass is 19.1. The number of allylic oxidation sites excluding steroid dienone is 1. The van der Waals surface area contributed by atoms with Gasteiger partial charge >= 0.3 is 5.97 Å². The summed E-state index contributed by atoms with van der Waals surface area (Å²) in [4.78, 5) is 23.3. The Bertz CT molecular complexity index is 1510. The Morgan fingerprint density at radius 2 is 1.68 bits per heavy atom. The third-order valence-corrected chi connectivity index (χ3v) is 7.31. The number of nitrogens with zero attached hydrogens (tertiary/aromatic N) is 2. The maximum atomic E-state index is 13.7. The van der Waals surface area contributed by atoms with E-state index in [0.29, 0.717) is 5.69 Å². The lowest BCUT2D eigenvalue weighted by Gasteiger charge is -2.21. The van der Waals surface area contributed by atoms with Crippen LogP contribution in [0.25, 0.3) is 22.9 Å². The van der Waals surface area contributed by atoms with Crippen LogP contribution in [0.2, 0.25) is 0 Å². The van der Waals surface area contributed by atoms with Gasteiger partial charge in [-0.3, -0.25) is 9.59 Å². The summed E-state index contributed by atoms with van der Waals surface area (Å²) in [6.07, 6.45) is 4.62. The lowest BCUT2D eigenvalue weighted by Crippen LogP contribution is -2.16. The van der Waals surface area contributed by atoms with E-state index >= 15 is 0 Å². The topological polar surface area (TPSA) is 92.4 Å². The van der Waals surface area contributed by atoms with Crippen LogP contribution < -0.4 is 0 Å². The van der Waals surface area contributed by atoms with Gasteiger partial charge in [-0.05, 0) is 78.8 Å². The van der Waals surface area contributed by atoms with E-state index < -0.39 is 18.5 Å². The predicted molar refractivity (Wildman–Crippen MR) is 152 cm³/mol. The first-order valence-corrected chi connectivity index (χ1v) is 13.5. The van der Waals surface area contributed by atoms with Crippen molar-refractivity contribution in [3.05, 3.63) is 113 Å². The van der Waals surface area contributed by atoms with Crippen LogP contribution in [0.1, 0.15) is 54.1 Å². The summed E-state index contributed by atoms with van der Waals surface area (Å²) in [6, 6.07) is 24.9. The van der Waals surface area contributed by atoms with Gasteiger partial charge in [-0.25, -0.2) is 9.07 Å². The zero-order valence-corrected chi connectivity index (χ0v) is 22.0. The molecule has 4 aromatic rings. The molecule has 1 aliphatic rings. The fraction of sp³-hybridized carbons (Fsp3) is 0.242. The Kier molecular flexibility index (Phi) is 8.31. The molecule has 7 heteroatoms. The SMILES string of the molecule is O=C(O)CC(O)CC(=O)/C=C/c1c2c(nn1-c1ccc(F)cc1)C(Cc1ccc(-c3ccccc3)cc1)CCC2. The van der Waals surface area contributed by atoms with Gasteiger partial charge in [0.1, 0.15) is 5.82 Å². The van der Waals surface area contributed by atoms with Crippen molar-refractivity contribution in [1.82, 2.24) is 9.78 Å². The molecule has 2 N–H and O–H groups in total. The summed E-state index contributed by atoms with van der Waals surface area (Å²) >= 11 is 0. The molecule has 0 fully saturated rings. The number of halogens is 1. The maximum Gasteiger partial charge on any atom is 0.305 e. The molecule has 1 aromatic heterocycles. The third-order valence-electron chi connectivity index (χ3n) is 7.31. The summed E-state index contributed by atoms with van der Waals surface area (Å²) in [7, 11) is 0. The normalized spacial score (nSPS) is 15.6. The predicted octanol–water partition coefficient (Wildman–Crippen LogP) is 6.15. The van der Waals surface area contributed by atoms with E-state index in [9.17, 15) is 19.1 Å². The second-order valence-electron chi connectivity index (χ2n) is 10.2. The number of carboxylic acid groups (broad SMARTS) is 1. The van der Waals surface area contributed by atoms with Crippen molar-refractivity contribution in [2.45, 2.75) is 50.5 Å². The van der Waals surface area contributed by atoms with Crippen molar-refractivity contribution in [3.63, 3.8) is 0 Å². The Balaban J connectivity index is 1.43. The zero-order valence-electron chi connectivity index (χ0n) is 22.0. The second kappa shape index (κ2) is 12.2. The van der Waals surface area contributed by atoms with Crippen molar-refractivity contribution in [2.24, 2.45) is 0 Å². The second-order valence-corrected chi connectivity index (χ2v) is 10.2. The number of hydrogen-bond acceptors (Lipinski definition) is 4. The van der Waals surface area contributed by atoms with Crippen LogP contribution in [-0.4, -0.2) is 37.9 Å². The molecule has 2 unspecified atom stereocenters. The molecule has 0 saturated heterocycles. The van der Waals surface area contributed by atoms with E-state index in [1.807, 2.05) is 18.2 Å². The largest absolute Gasteiger partial charge is 0.481 e. The molecule has 5 rings (SSSR count). The van der Waals surface area contributed by atoms with E-state index in [1.165, 1.54) is 34.9 Å². The van der Waals surface area contributed by atoms with Crippen LogP contribution in [0.4, 0.5) is 4.39 Å². The number of carbonyl (C=O) groups is 2. The molecule has 3 aromatic carbocycles. The number of hydrogen-bond donors (Lipinski definition) is 2. The number of aliphatic hydroxyl groups is 1. The molecule has 0 aliphatic heterocycles. The molecule has 40 heavy (non-hydrogen) atoms. The molecule has 0 saturated carbocycles. The van der Waals surface area contributed by atoms with Gasteiger partial charge in [-0.2, -0.15) is 5.10 Å². The maximum absolute atomic E-state index is 13.7. The van der Waals surface area contributed by atoms with Crippen LogP contribution in [0.15, 0.2) is 84.9 Å². The van der Waals surface area contributed by atoms with Crippen molar-refractivity contribution < 1.29 is 24.2 Å². The molecule has 6 nitrogen and oxygen atoms in total. The minimum atomic E-state index is -1.25. The van der Waals surface area contributed by atoms with Crippen molar-refractivity contribution >= 4 is 17.8 Å². The Hall–Kier alpha value is -4.36. The van der Waals surface area contributed by atoms with Crippen LogP contribution in [0.3, 0.4) is 0 Å². The molecular formula is C33H31FN2O4. The van der Waals surface area contributed by atoms with Crippen LogP contribution in [0, 0.1) is 5.82 Å². The van der Waals surface area contributed by atoms with E-state index in [4.69, 9.17) is 10.2 Å². The average Bonchev–Trinajstić information content (AvgIpc) is 3.32. The average molecular weight is 539 g/mol. The first-order valence-electron chi connectivity index (χ1n) is 13.5. The monoisotopic (exact) mass is 538 g/mol. The summed E-state index contributed by atoms with van der Waals surface area (Å²) in [5.41, 5.74) is 7.01. The van der Waals surface area contributed by atoms with Gasteiger partial charge in [0.25, 0.3) is 0 Å². The number of rotatable bonds is 10. The molecule has 0 radical (unpaired) electrons. The van der Waals surface area contributed by atoms with E-state index in [2.05, 4.69) is 36.4 Å². The highest BCUT2D eigenvalue weighted by Crippen LogP contribution is 2.37. The van der Waals surface area contributed by atoms with Gasteiger partial charge in [0, 0.05) is 17.9 Å². The van der Waals surface area contributed by atoms with Gasteiger partial charge in [0.2, 0.25) is 0 Å². The standard InChI is InChI=1S/C33H31FN2O4/c34-26-13-15-27(16-14-26)36-31(18-17-28(37)20-29(38)21-32(39)40)30-8-4-7-25(33(30)35-36)19-22-9-11-24(12-10-22)23-5-2-1-3-6-23/h1-3,5-6,9-18,25,29,38H,4,7-8,19-21H2,(H,39,40)/b18-17+. The van der Waals surface area contributed by atoms with Crippen molar-refractivity contribution in [2.75, 3.05) is 0 Å². The molecule has 2 atom stereocenters. The number of benzene rings is 3. The lowest BCUT2D eigenvalue weighted by atomic mass is 9.82. The number of aliphatic carboxylic acids is 1. The molecule has 0 spiro atoms. The summed E-state index contributed by atoms with van der Waals surface area (Å²) in [6.45, 7) is 0.